The number of likely N-dealkylation sites (N-methyl/N-ethyl adjacent to an activating group) is 1. The Bertz CT molecular complexity index is 1410. The lowest BCUT2D eigenvalue weighted by atomic mass is 9.79. The highest BCUT2D eigenvalue weighted by atomic mass is 16.5. The quantitative estimate of drug-likeness (QED) is 0.199. The monoisotopic (exact) mass is 612 g/mol. The molecule has 1 aliphatic rings. The van der Waals surface area contributed by atoms with Crippen molar-refractivity contribution in [1.29, 1.82) is 0 Å². The standard InChI is InChI=1S/C38H52N4O3/c1-8-38(40(6)7,26-28-16-14-13-15-17-28)37(44)32-23-22-31(34(41(9-2)10-3)35(32)42(11-4)12-5)36(43)30-20-18-29(19-21-30)33-27-39-24-25-45-33/h13-23,33,39H,8-12,24-27H2,1-7H3. The molecule has 7 nitrogen and oxygen atoms in total. The van der Waals surface area contributed by atoms with E-state index < -0.39 is 5.54 Å². The molecule has 45 heavy (non-hydrogen) atoms. The van der Waals surface area contributed by atoms with Gasteiger partial charge in [-0.1, -0.05) is 61.5 Å². The van der Waals surface area contributed by atoms with Crippen LogP contribution in [0.1, 0.15) is 84.5 Å². The fourth-order valence-corrected chi connectivity index (χ4v) is 6.68. The van der Waals surface area contributed by atoms with E-state index in [2.05, 4.69) is 66.8 Å². The summed E-state index contributed by atoms with van der Waals surface area (Å²) in [4.78, 5) is 35.9. The number of ketones is 2. The number of anilines is 2. The number of carbonyl (C=O) groups is 2. The number of benzene rings is 3. The third-order valence-corrected chi connectivity index (χ3v) is 9.48. The van der Waals surface area contributed by atoms with Crippen LogP contribution in [0.5, 0.6) is 0 Å². The molecule has 0 amide bonds. The number of carbonyl (C=O) groups excluding carboxylic acids is 2. The predicted octanol–water partition coefficient (Wildman–Crippen LogP) is 6.41. The highest BCUT2D eigenvalue weighted by Gasteiger charge is 2.42. The molecular formula is C38H52N4O3. The van der Waals surface area contributed by atoms with Crippen molar-refractivity contribution in [3.05, 3.63) is 94.5 Å². The smallest absolute Gasteiger partial charge is 0.195 e. The molecule has 1 heterocycles. The van der Waals surface area contributed by atoms with Crippen LogP contribution in [0, 0.1) is 0 Å². The predicted molar refractivity (Wildman–Crippen MR) is 186 cm³/mol. The molecule has 0 bridgehead atoms. The largest absolute Gasteiger partial charge is 0.371 e. The number of nitrogens with one attached hydrogen (secondary N) is 1. The van der Waals surface area contributed by atoms with Crippen molar-refractivity contribution in [2.24, 2.45) is 0 Å². The Hall–Kier alpha value is -3.52. The number of hydrogen-bond donors (Lipinski definition) is 1. The van der Waals surface area contributed by atoms with E-state index in [1.165, 1.54) is 0 Å². The summed E-state index contributed by atoms with van der Waals surface area (Å²) in [5.74, 6) is 0.0378. The van der Waals surface area contributed by atoms with Gasteiger partial charge in [-0.3, -0.25) is 14.5 Å². The second-order valence-electron chi connectivity index (χ2n) is 12.0. The van der Waals surface area contributed by atoms with E-state index in [-0.39, 0.29) is 17.7 Å². The molecule has 0 saturated carbocycles. The van der Waals surface area contributed by atoms with Crippen LogP contribution >= 0.6 is 0 Å². The van der Waals surface area contributed by atoms with Crippen LogP contribution < -0.4 is 15.1 Å². The lowest BCUT2D eigenvalue weighted by molar-refractivity contribution is 0.0277. The van der Waals surface area contributed by atoms with Crippen LogP contribution in [0.25, 0.3) is 0 Å². The van der Waals surface area contributed by atoms with E-state index in [1.807, 2.05) is 68.7 Å². The van der Waals surface area contributed by atoms with Crippen molar-refractivity contribution in [1.82, 2.24) is 10.2 Å². The zero-order valence-corrected chi connectivity index (χ0v) is 28.4. The zero-order chi connectivity index (χ0) is 32.6. The summed E-state index contributed by atoms with van der Waals surface area (Å²) in [5, 5.41) is 3.37. The summed E-state index contributed by atoms with van der Waals surface area (Å²) in [6.45, 7) is 15.7. The first kappa shape index (κ1) is 34.4. The molecule has 2 atom stereocenters. The Labute approximate surface area is 270 Å². The molecule has 3 aromatic rings. The molecule has 4 rings (SSSR count). The highest BCUT2D eigenvalue weighted by Crippen LogP contribution is 2.41. The van der Waals surface area contributed by atoms with E-state index in [0.29, 0.717) is 62.3 Å². The third kappa shape index (κ3) is 7.16. The maximum Gasteiger partial charge on any atom is 0.195 e. The molecule has 1 fully saturated rings. The number of rotatable bonds is 15. The van der Waals surface area contributed by atoms with Crippen LogP contribution in [0.2, 0.25) is 0 Å². The topological polar surface area (TPSA) is 65.1 Å². The van der Waals surface area contributed by atoms with Gasteiger partial charge in [0.2, 0.25) is 0 Å². The van der Waals surface area contributed by atoms with E-state index in [0.717, 1.165) is 35.6 Å². The number of morpholine rings is 1. The number of nitrogens with zero attached hydrogens (tertiary/aromatic N) is 3. The van der Waals surface area contributed by atoms with Gasteiger partial charge in [-0.15, -0.1) is 0 Å². The molecule has 0 radical (unpaired) electrons. The van der Waals surface area contributed by atoms with Crippen molar-refractivity contribution in [3.8, 4) is 0 Å². The second-order valence-corrected chi connectivity index (χ2v) is 12.0. The maximum absolute atomic E-state index is 15.0. The van der Waals surface area contributed by atoms with Crippen LogP contribution in [0.15, 0.2) is 66.7 Å². The lowest BCUT2D eigenvalue weighted by Gasteiger charge is -2.40. The summed E-state index contributed by atoms with van der Waals surface area (Å²) in [6, 6.07) is 21.9. The van der Waals surface area contributed by atoms with Gasteiger partial charge < -0.3 is 19.9 Å². The lowest BCUT2D eigenvalue weighted by Crippen LogP contribution is -2.53. The van der Waals surface area contributed by atoms with Gasteiger partial charge in [0.25, 0.3) is 0 Å². The zero-order valence-electron chi connectivity index (χ0n) is 28.4. The Balaban J connectivity index is 1.88. The van der Waals surface area contributed by atoms with Crippen LogP contribution in [-0.4, -0.2) is 82.0 Å². The summed E-state index contributed by atoms with van der Waals surface area (Å²) >= 11 is 0. The fraction of sp³-hybridized carbons (Fsp3) is 0.474. The van der Waals surface area contributed by atoms with Crippen LogP contribution in [0.4, 0.5) is 11.4 Å². The van der Waals surface area contributed by atoms with Crippen molar-refractivity contribution in [2.75, 3.05) is 69.8 Å². The Morgan fingerprint density at radius 2 is 1.38 bits per heavy atom. The van der Waals surface area contributed by atoms with Crippen molar-refractivity contribution in [2.45, 2.75) is 59.1 Å². The van der Waals surface area contributed by atoms with E-state index >= 15 is 4.79 Å². The SMILES string of the molecule is CCN(CC)c1c(C(=O)c2ccc(C3CNCCO3)cc2)ccc(C(=O)C(CC)(Cc2ccccc2)N(C)C)c1N(CC)CC. The first-order valence-electron chi connectivity index (χ1n) is 16.7. The molecule has 7 heteroatoms. The minimum atomic E-state index is -0.749. The average molecular weight is 613 g/mol. The first-order chi connectivity index (χ1) is 21.8. The molecule has 1 N–H and O–H groups in total. The maximum atomic E-state index is 15.0. The number of Topliss-reactive ketones (excluding diaryl/α,β-unsaturated/α-hetero) is 1. The van der Waals surface area contributed by atoms with Gasteiger partial charge in [0, 0.05) is 56.0 Å². The van der Waals surface area contributed by atoms with Gasteiger partial charge in [0.05, 0.1) is 29.6 Å². The number of ether oxygens (including phenoxy) is 1. The molecule has 0 aliphatic carbocycles. The summed E-state index contributed by atoms with van der Waals surface area (Å²) in [5.41, 5.74) is 5.04. The minimum Gasteiger partial charge on any atom is -0.371 e. The van der Waals surface area contributed by atoms with Gasteiger partial charge in [-0.05, 0) is 77.9 Å². The average Bonchev–Trinajstić information content (AvgIpc) is 3.08. The third-order valence-electron chi connectivity index (χ3n) is 9.48. The Kier molecular flexibility index (Phi) is 12.0. The van der Waals surface area contributed by atoms with Gasteiger partial charge in [-0.25, -0.2) is 0 Å². The highest BCUT2D eigenvalue weighted by molar-refractivity contribution is 6.17. The molecule has 0 aromatic heterocycles. The first-order valence-corrected chi connectivity index (χ1v) is 16.7. The van der Waals surface area contributed by atoms with E-state index in [9.17, 15) is 4.79 Å². The fourth-order valence-electron chi connectivity index (χ4n) is 6.68. The van der Waals surface area contributed by atoms with Crippen LogP contribution in [0.3, 0.4) is 0 Å². The van der Waals surface area contributed by atoms with Gasteiger partial charge in [0.15, 0.2) is 11.6 Å². The van der Waals surface area contributed by atoms with Gasteiger partial charge >= 0.3 is 0 Å². The second kappa shape index (κ2) is 15.7. The van der Waals surface area contributed by atoms with Crippen LogP contribution in [-0.2, 0) is 11.2 Å². The molecular weight excluding hydrogens is 560 g/mol. The molecule has 2 unspecified atom stereocenters. The van der Waals surface area contributed by atoms with Gasteiger partial charge in [-0.2, -0.15) is 0 Å². The van der Waals surface area contributed by atoms with Crippen molar-refractivity contribution < 1.29 is 14.3 Å². The summed E-state index contributed by atoms with van der Waals surface area (Å²) < 4.78 is 5.93. The molecule has 1 saturated heterocycles. The minimum absolute atomic E-state index is 0.0138. The van der Waals surface area contributed by atoms with Crippen molar-refractivity contribution >= 4 is 22.9 Å². The summed E-state index contributed by atoms with van der Waals surface area (Å²) in [6.07, 6.45) is 1.24. The Morgan fingerprint density at radius 3 is 1.89 bits per heavy atom. The van der Waals surface area contributed by atoms with Gasteiger partial charge in [0.1, 0.15) is 0 Å². The number of hydrogen-bond acceptors (Lipinski definition) is 7. The molecule has 1 aliphatic heterocycles. The molecule has 0 spiro atoms. The van der Waals surface area contributed by atoms with E-state index in [1.54, 1.807) is 0 Å². The van der Waals surface area contributed by atoms with E-state index in [4.69, 9.17) is 4.74 Å². The molecule has 3 aromatic carbocycles. The Morgan fingerprint density at radius 1 is 0.800 bits per heavy atom. The normalized spacial score (nSPS) is 16.3. The summed E-state index contributed by atoms with van der Waals surface area (Å²) in [7, 11) is 4.01. The molecule has 242 valence electrons. The van der Waals surface area contributed by atoms with Crippen molar-refractivity contribution in [3.63, 3.8) is 0 Å².